The first kappa shape index (κ1) is 16.0. The lowest BCUT2D eigenvalue weighted by atomic mass is 10.2. The van der Waals surface area contributed by atoms with Crippen molar-refractivity contribution in [3.05, 3.63) is 60.4 Å². The average molecular weight is 325 g/mol. The van der Waals surface area contributed by atoms with Gasteiger partial charge in [-0.1, -0.05) is 35.5 Å². The first-order valence-electron chi connectivity index (χ1n) is 7.93. The Bertz CT molecular complexity index is 766. The largest absolute Gasteiger partial charge is 0.467 e. The van der Waals surface area contributed by atoms with E-state index >= 15 is 0 Å². The van der Waals surface area contributed by atoms with E-state index in [2.05, 4.69) is 15.5 Å². The minimum Gasteiger partial charge on any atom is -0.467 e. The average Bonchev–Trinajstić information content (AvgIpc) is 3.27. The number of hydrogen-bond donors (Lipinski definition) is 1. The fourth-order valence-electron chi connectivity index (χ4n) is 2.38. The van der Waals surface area contributed by atoms with Gasteiger partial charge in [0.25, 0.3) is 0 Å². The van der Waals surface area contributed by atoms with Crippen LogP contribution >= 0.6 is 0 Å². The quantitative estimate of drug-likeness (QED) is 0.718. The van der Waals surface area contributed by atoms with Crippen LogP contribution in [0.5, 0.6) is 0 Å². The highest BCUT2D eigenvalue weighted by atomic mass is 16.5. The molecule has 1 N–H and O–H groups in total. The second-order valence-corrected chi connectivity index (χ2v) is 5.54. The lowest BCUT2D eigenvalue weighted by Crippen LogP contribution is -2.26. The van der Waals surface area contributed by atoms with Crippen molar-refractivity contribution < 1.29 is 13.7 Å². The number of amides is 1. The molecule has 6 nitrogen and oxygen atoms in total. The van der Waals surface area contributed by atoms with Crippen molar-refractivity contribution in [3.63, 3.8) is 0 Å². The van der Waals surface area contributed by atoms with Gasteiger partial charge >= 0.3 is 0 Å². The van der Waals surface area contributed by atoms with E-state index < -0.39 is 0 Å². The third-order valence-electron chi connectivity index (χ3n) is 3.64. The Morgan fingerprint density at radius 2 is 2.04 bits per heavy atom. The van der Waals surface area contributed by atoms with Gasteiger partial charge in [0.1, 0.15) is 5.76 Å². The highest BCUT2D eigenvalue weighted by Gasteiger charge is 2.13. The molecule has 0 aliphatic heterocycles. The van der Waals surface area contributed by atoms with E-state index in [1.165, 1.54) is 0 Å². The fourth-order valence-corrected chi connectivity index (χ4v) is 2.38. The molecule has 0 saturated heterocycles. The Hall–Kier alpha value is -2.89. The van der Waals surface area contributed by atoms with Crippen molar-refractivity contribution in [2.75, 3.05) is 0 Å². The number of rotatable bonds is 7. The fraction of sp³-hybridized carbons (Fsp3) is 0.278. The van der Waals surface area contributed by atoms with E-state index in [1.54, 1.807) is 12.3 Å². The van der Waals surface area contributed by atoms with Crippen molar-refractivity contribution in [1.29, 1.82) is 0 Å². The standard InChI is InChI=1S/C18H19N3O3/c1-13(15-9-6-12-23-15)19-16(22)10-5-11-17-20-18(21-24-17)14-7-3-2-4-8-14/h2-4,6-9,12-13H,5,10-11H2,1H3,(H,19,22)/t13-/m1/s1. The van der Waals surface area contributed by atoms with E-state index in [1.807, 2.05) is 43.3 Å². The van der Waals surface area contributed by atoms with Crippen molar-refractivity contribution in [3.8, 4) is 11.4 Å². The van der Waals surface area contributed by atoms with Gasteiger partial charge in [0.05, 0.1) is 12.3 Å². The summed E-state index contributed by atoms with van der Waals surface area (Å²) in [5.41, 5.74) is 0.914. The molecule has 0 aliphatic rings. The number of nitrogens with one attached hydrogen (secondary N) is 1. The normalized spacial score (nSPS) is 12.0. The number of aryl methyl sites for hydroxylation is 1. The smallest absolute Gasteiger partial charge is 0.226 e. The Kier molecular flexibility index (Phi) is 5.05. The van der Waals surface area contributed by atoms with E-state index in [4.69, 9.17) is 8.94 Å². The number of carbonyl (C=O) groups excluding carboxylic acids is 1. The second kappa shape index (κ2) is 7.59. The van der Waals surface area contributed by atoms with Gasteiger partial charge in [-0.3, -0.25) is 4.79 Å². The maximum atomic E-state index is 11.9. The summed E-state index contributed by atoms with van der Waals surface area (Å²) in [6.07, 6.45) is 3.21. The molecule has 2 aromatic heterocycles. The molecule has 0 saturated carbocycles. The number of furan rings is 1. The third-order valence-corrected chi connectivity index (χ3v) is 3.64. The van der Waals surface area contributed by atoms with Crippen LogP contribution in [0.1, 0.15) is 37.5 Å². The summed E-state index contributed by atoms with van der Waals surface area (Å²) in [7, 11) is 0. The number of benzene rings is 1. The molecule has 0 radical (unpaired) electrons. The molecule has 0 spiro atoms. The monoisotopic (exact) mass is 325 g/mol. The van der Waals surface area contributed by atoms with Crippen LogP contribution in [0.2, 0.25) is 0 Å². The highest BCUT2D eigenvalue weighted by Crippen LogP contribution is 2.16. The predicted molar refractivity (Wildman–Crippen MR) is 87.9 cm³/mol. The molecule has 1 amide bonds. The number of aromatic nitrogens is 2. The van der Waals surface area contributed by atoms with Crippen LogP contribution in [-0.4, -0.2) is 16.0 Å². The van der Waals surface area contributed by atoms with Gasteiger partial charge in [0, 0.05) is 18.4 Å². The van der Waals surface area contributed by atoms with Gasteiger partial charge in [-0.15, -0.1) is 0 Å². The number of nitrogens with zero attached hydrogens (tertiary/aromatic N) is 2. The lowest BCUT2D eigenvalue weighted by molar-refractivity contribution is -0.121. The third kappa shape index (κ3) is 4.10. The SMILES string of the molecule is C[C@@H](NC(=O)CCCc1nc(-c2ccccc2)no1)c1ccco1. The number of carbonyl (C=O) groups is 1. The lowest BCUT2D eigenvalue weighted by Gasteiger charge is -2.10. The summed E-state index contributed by atoms with van der Waals surface area (Å²) in [6.45, 7) is 1.89. The van der Waals surface area contributed by atoms with Crippen LogP contribution in [0.3, 0.4) is 0 Å². The van der Waals surface area contributed by atoms with E-state index in [0.29, 0.717) is 31.0 Å². The van der Waals surface area contributed by atoms with Crippen LogP contribution in [0.15, 0.2) is 57.7 Å². The van der Waals surface area contributed by atoms with Gasteiger partial charge in [-0.2, -0.15) is 4.98 Å². The molecular weight excluding hydrogens is 306 g/mol. The predicted octanol–water partition coefficient (Wildman–Crippen LogP) is 3.53. The van der Waals surface area contributed by atoms with Crippen molar-refractivity contribution in [2.24, 2.45) is 0 Å². The minimum absolute atomic E-state index is 0.0262. The molecule has 0 aliphatic carbocycles. The zero-order chi connectivity index (χ0) is 16.8. The van der Waals surface area contributed by atoms with E-state index in [9.17, 15) is 4.79 Å². The van der Waals surface area contributed by atoms with Crippen LogP contribution in [0, 0.1) is 0 Å². The molecule has 24 heavy (non-hydrogen) atoms. The maximum absolute atomic E-state index is 11.9. The summed E-state index contributed by atoms with van der Waals surface area (Å²) in [5, 5.41) is 6.87. The molecule has 2 heterocycles. The Morgan fingerprint density at radius 3 is 2.79 bits per heavy atom. The molecular formula is C18H19N3O3. The summed E-state index contributed by atoms with van der Waals surface area (Å²) in [6, 6.07) is 13.2. The van der Waals surface area contributed by atoms with Crippen LogP contribution in [-0.2, 0) is 11.2 Å². The molecule has 1 aromatic carbocycles. The van der Waals surface area contributed by atoms with Gasteiger partial charge < -0.3 is 14.3 Å². The molecule has 3 rings (SSSR count). The highest BCUT2D eigenvalue weighted by molar-refractivity contribution is 5.76. The minimum atomic E-state index is -0.138. The van der Waals surface area contributed by atoms with Gasteiger partial charge in [-0.25, -0.2) is 0 Å². The first-order chi connectivity index (χ1) is 11.7. The molecule has 6 heteroatoms. The topological polar surface area (TPSA) is 81.2 Å². The molecule has 3 aromatic rings. The van der Waals surface area contributed by atoms with E-state index in [0.717, 1.165) is 11.3 Å². The van der Waals surface area contributed by atoms with Gasteiger partial charge in [0.15, 0.2) is 0 Å². The summed E-state index contributed by atoms with van der Waals surface area (Å²) in [4.78, 5) is 16.3. The van der Waals surface area contributed by atoms with E-state index in [-0.39, 0.29) is 11.9 Å². The molecule has 0 bridgehead atoms. The summed E-state index contributed by atoms with van der Waals surface area (Å²) in [5.74, 6) is 1.83. The van der Waals surface area contributed by atoms with Crippen LogP contribution < -0.4 is 5.32 Å². The Morgan fingerprint density at radius 1 is 1.21 bits per heavy atom. The zero-order valence-electron chi connectivity index (χ0n) is 13.4. The summed E-state index contributed by atoms with van der Waals surface area (Å²) < 4.78 is 10.5. The molecule has 0 fully saturated rings. The van der Waals surface area contributed by atoms with Crippen molar-refractivity contribution in [1.82, 2.24) is 15.5 Å². The first-order valence-corrected chi connectivity index (χ1v) is 7.93. The number of hydrogen-bond acceptors (Lipinski definition) is 5. The zero-order valence-corrected chi connectivity index (χ0v) is 13.4. The molecule has 124 valence electrons. The Labute approximate surface area is 139 Å². The van der Waals surface area contributed by atoms with Crippen LogP contribution in [0.25, 0.3) is 11.4 Å². The molecule has 1 atom stereocenters. The van der Waals surface area contributed by atoms with Gasteiger partial charge in [-0.05, 0) is 25.5 Å². The van der Waals surface area contributed by atoms with Crippen molar-refractivity contribution in [2.45, 2.75) is 32.2 Å². The van der Waals surface area contributed by atoms with Gasteiger partial charge in [0.2, 0.25) is 17.6 Å². The molecule has 0 unspecified atom stereocenters. The maximum Gasteiger partial charge on any atom is 0.226 e. The summed E-state index contributed by atoms with van der Waals surface area (Å²) >= 11 is 0. The second-order valence-electron chi connectivity index (χ2n) is 5.54. The van der Waals surface area contributed by atoms with Crippen LogP contribution in [0.4, 0.5) is 0 Å². The van der Waals surface area contributed by atoms with Crippen molar-refractivity contribution >= 4 is 5.91 Å². The Balaban J connectivity index is 1.45.